The number of anilines is 1. The van der Waals surface area contributed by atoms with Gasteiger partial charge in [-0.1, -0.05) is 38.1 Å². The summed E-state index contributed by atoms with van der Waals surface area (Å²) in [6.07, 6.45) is 8.87. The molecule has 6 aliphatic rings. The molecule has 42 heavy (non-hydrogen) atoms. The molecule has 9 rings (SSSR count). The van der Waals surface area contributed by atoms with Crippen molar-refractivity contribution in [2.45, 2.75) is 102 Å². The maximum Gasteiger partial charge on any atom is 0.233 e. The topological polar surface area (TPSA) is 81.4 Å². The predicted molar refractivity (Wildman–Crippen MR) is 158 cm³/mol. The Balaban J connectivity index is 1.15. The molecule has 0 spiro atoms. The lowest BCUT2D eigenvalue weighted by molar-refractivity contribution is -0.211. The second-order valence-corrected chi connectivity index (χ2v) is 14.7. The molecule has 0 atom stereocenters. The average molecular weight is 573 g/mol. The number of ether oxygens (including phenoxy) is 1. The molecule has 1 aromatic carbocycles. The molecular formula is C34H41FN4O3. The van der Waals surface area contributed by atoms with Crippen molar-refractivity contribution in [2.75, 3.05) is 18.1 Å². The third-order valence-corrected chi connectivity index (χ3v) is 10.6. The van der Waals surface area contributed by atoms with Gasteiger partial charge < -0.3 is 14.2 Å². The van der Waals surface area contributed by atoms with Gasteiger partial charge in [0, 0.05) is 40.9 Å². The van der Waals surface area contributed by atoms with E-state index in [1.165, 1.54) is 0 Å². The van der Waals surface area contributed by atoms with Crippen LogP contribution in [0.1, 0.15) is 97.2 Å². The number of benzene rings is 1. The van der Waals surface area contributed by atoms with Crippen LogP contribution < -0.4 is 9.64 Å². The Labute approximate surface area is 247 Å². The molecule has 3 aromatic rings. The first-order valence-corrected chi connectivity index (χ1v) is 15.5. The summed E-state index contributed by atoms with van der Waals surface area (Å²) in [5, 5.41) is 4.32. The SMILES string of the molecule is CCOc1ccc(-c2cccc(N(CC34CCC(c5nc(C(C)(C)C)no5)(CC3)CC4)C(=O)C34CC(F)(C3)C4)c2)cn1. The maximum absolute atomic E-state index is 14.6. The number of pyridine rings is 1. The highest BCUT2D eigenvalue weighted by molar-refractivity contribution is 6.00. The lowest BCUT2D eigenvalue weighted by Gasteiger charge is -2.65. The lowest BCUT2D eigenvalue weighted by Crippen LogP contribution is -2.71. The molecule has 8 heteroatoms. The first-order valence-electron chi connectivity index (χ1n) is 15.5. The number of fused-ring (bicyclic) bond motifs is 3. The Morgan fingerprint density at radius 1 is 1.02 bits per heavy atom. The average Bonchev–Trinajstić information content (AvgIpc) is 3.48. The summed E-state index contributed by atoms with van der Waals surface area (Å²) >= 11 is 0. The predicted octanol–water partition coefficient (Wildman–Crippen LogP) is 7.35. The largest absolute Gasteiger partial charge is 0.478 e. The van der Waals surface area contributed by atoms with Crippen molar-refractivity contribution in [3.63, 3.8) is 0 Å². The monoisotopic (exact) mass is 572 g/mol. The minimum absolute atomic E-state index is 0.0257. The highest BCUT2D eigenvalue weighted by Crippen LogP contribution is 2.70. The number of carbonyl (C=O) groups is 1. The molecule has 2 heterocycles. The number of aromatic nitrogens is 3. The van der Waals surface area contributed by atoms with E-state index in [4.69, 9.17) is 14.2 Å². The smallest absolute Gasteiger partial charge is 0.233 e. The number of alkyl halides is 1. The number of amides is 1. The summed E-state index contributed by atoms with van der Waals surface area (Å²) in [6, 6.07) is 12.0. The van der Waals surface area contributed by atoms with Gasteiger partial charge >= 0.3 is 0 Å². The molecule has 1 amide bonds. The zero-order valence-corrected chi connectivity index (χ0v) is 25.2. The van der Waals surface area contributed by atoms with E-state index < -0.39 is 11.1 Å². The summed E-state index contributed by atoms with van der Waals surface area (Å²) in [5.41, 5.74) is 0.988. The molecule has 0 aliphatic heterocycles. The third kappa shape index (κ3) is 4.44. The Kier molecular flexibility index (Phi) is 6.13. The van der Waals surface area contributed by atoms with E-state index in [9.17, 15) is 9.18 Å². The van der Waals surface area contributed by atoms with E-state index in [-0.39, 0.29) is 22.2 Å². The zero-order valence-electron chi connectivity index (χ0n) is 25.2. The number of halogens is 1. The molecular weight excluding hydrogens is 531 g/mol. The Bertz CT molecular complexity index is 1460. The molecule has 4 bridgehead atoms. The minimum Gasteiger partial charge on any atom is -0.478 e. The Hall–Kier alpha value is -3.29. The van der Waals surface area contributed by atoms with Crippen LogP contribution in [-0.2, 0) is 15.6 Å². The van der Waals surface area contributed by atoms with Crippen molar-refractivity contribution >= 4 is 11.6 Å². The fourth-order valence-corrected chi connectivity index (χ4v) is 8.00. The number of hydrogen-bond donors (Lipinski definition) is 0. The summed E-state index contributed by atoms with van der Waals surface area (Å²) < 4.78 is 26.0. The molecule has 7 nitrogen and oxygen atoms in total. The van der Waals surface area contributed by atoms with Crippen LogP contribution in [0.15, 0.2) is 47.1 Å². The van der Waals surface area contributed by atoms with Gasteiger partial charge in [0.25, 0.3) is 0 Å². The molecule has 6 fully saturated rings. The van der Waals surface area contributed by atoms with Crippen molar-refractivity contribution in [1.82, 2.24) is 15.1 Å². The van der Waals surface area contributed by atoms with E-state index in [0.29, 0.717) is 38.3 Å². The van der Waals surface area contributed by atoms with Gasteiger partial charge in [0.2, 0.25) is 17.7 Å². The zero-order chi connectivity index (χ0) is 29.4. The van der Waals surface area contributed by atoms with Gasteiger partial charge in [-0.05, 0) is 93.9 Å². The quantitative estimate of drug-likeness (QED) is 0.281. The number of rotatable bonds is 8. The fourth-order valence-electron chi connectivity index (χ4n) is 8.00. The highest BCUT2D eigenvalue weighted by atomic mass is 19.1. The Morgan fingerprint density at radius 2 is 1.74 bits per heavy atom. The standard InChI is InChI=1S/C34H41FN4O3/c1-5-41-26-10-9-24(18-36-26)23-7-6-8-25(17-23)39(29(40)33-19-34(35,20-33)21-33)22-31-11-14-32(15-12-31,16-13-31)28-37-27(38-42-28)30(2,3)4/h6-10,17-18H,5,11-16,19-22H2,1-4H3. The summed E-state index contributed by atoms with van der Waals surface area (Å²) in [7, 11) is 0. The van der Waals surface area contributed by atoms with Crippen LogP contribution >= 0.6 is 0 Å². The van der Waals surface area contributed by atoms with Gasteiger partial charge in [0.05, 0.1) is 12.0 Å². The van der Waals surface area contributed by atoms with Gasteiger partial charge in [-0.15, -0.1) is 0 Å². The number of nitrogens with zero attached hydrogens (tertiary/aromatic N) is 4. The minimum atomic E-state index is -1.12. The first-order chi connectivity index (χ1) is 20.0. The van der Waals surface area contributed by atoms with E-state index >= 15 is 0 Å². The van der Waals surface area contributed by atoms with E-state index in [1.807, 2.05) is 48.4 Å². The van der Waals surface area contributed by atoms with Crippen LogP contribution in [0.4, 0.5) is 10.1 Å². The molecule has 2 aromatic heterocycles. The fraction of sp³-hybridized carbons (Fsp3) is 0.588. The third-order valence-electron chi connectivity index (χ3n) is 10.6. The molecule has 6 aliphatic carbocycles. The maximum atomic E-state index is 14.6. The number of carbonyl (C=O) groups excluding carboxylic acids is 1. The van der Waals surface area contributed by atoms with Crippen LogP contribution in [0.5, 0.6) is 5.88 Å². The van der Waals surface area contributed by atoms with Gasteiger partial charge in [-0.25, -0.2) is 9.37 Å². The second kappa shape index (κ2) is 9.35. The van der Waals surface area contributed by atoms with Crippen molar-refractivity contribution in [3.05, 3.63) is 54.3 Å². The molecule has 222 valence electrons. The summed E-state index contributed by atoms with van der Waals surface area (Å²) in [6.45, 7) is 9.48. The molecule has 0 radical (unpaired) electrons. The van der Waals surface area contributed by atoms with Crippen molar-refractivity contribution in [2.24, 2.45) is 10.8 Å². The number of hydrogen-bond acceptors (Lipinski definition) is 6. The van der Waals surface area contributed by atoms with E-state index in [1.54, 1.807) is 0 Å². The molecule has 0 unspecified atom stereocenters. The van der Waals surface area contributed by atoms with Crippen molar-refractivity contribution in [1.29, 1.82) is 0 Å². The van der Waals surface area contributed by atoms with Gasteiger partial charge in [-0.3, -0.25) is 4.79 Å². The van der Waals surface area contributed by atoms with Gasteiger partial charge in [0.1, 0.15) is 5.67 Å². The normalized spacial score (nSPS) is 31.3. The Morgan fingerprint density at radius 3 is 2.31 bits per heavy atom. The van der Waals surface area contributed by atoms with Gasteiger partial charge in [-0.2, -0.15) is 4.98 Å². The molecule has 0 saturated heterocycles. The highest BCUT2D eigenvalue weighted by Gasteiger charge is 2.73. The lowest BCUT2D eigenvalue weighted by atomic mass is 9.41. The van der Waals surface area contributed by atoms with E-state index in [2.05, 4.69) is 37.0 Å². The second-order valence-electron chi connectivity index (χ2n) is 14.7. The van der Waals surface area contributed by atoms with Crippen molar-refractivity contribution in [3.8, 4) is 17.0 Å². The van der Waals surface area contributed by atoms with Crippen LogP contribution in [0, 0.1) is 10.8 Å². The summed E-state index contributed by atoms with van der Waals surface area (Å²) in [4.78, 5) is 25.5. The van der Waals surface area contributed by atoms with Crippen LogP contribution in [0.2, 0.25) is 0 Å². The van der Waals surface area contributed by atoms with Gasteiger partial charge in [0.15, 0.2) is 5.82 Å². The van der Waals surface area contributed by atoms with Crippen LogP contribution in [-0.4, -0.2) is 39.9 Å². The van der Waals surface area contributed by atoms with Crippen LogP contribution in [0.3, 0.4) is 0 Å². The molecule has 0 N–H and O–H groups in total. The van der Waals surface area contributed by atoms with E-state index in [0.717, 1.165) is 67.1 Å². The van der Waals surface area contributed by atoms with Crippen LogP contribution in [0.25, 0.3) is 11.1 Å². The molecule has 6 saturated carbocycles. The first kappa shape index (κ1) is 27.5. The van der Waals surface area contributed by atoms with Crippen molar-refractivity contribution < 1.29 is 18.4 Å². The summed E-state index contributed by atoms with van der Waals surface area (Å²) in [5.74, 6) is 2.23.